The summed E-state index contributed by atoms with van der Waals surface area (Å²) in [6.45, 7) is 3.41. The number of carbonyl (C=O) groups excluding carboxylic acids is 1. The molecule has 2 rings (SSSR count). The molecule has 2 saturated heterocycles. The van der Waals surface area contributed by atoms with Gasteiger partial charge in [-0.25, -0.2) is 0 Å². The summed E-state index contributed by atoms with van der Waals surface area (Å²) in [6, 6.07) is 0. The zero-order valence-electron chi connectivity index (χ0n) is 7.75. The second kappa shape index (κ2) is 3.27. The summed E-state index contributed by atoms with van der Waals surface area (Å²) in [5.41, 5.74) is 0.324. The predicted molar refractivity (Wildman–Crippen MR) is 48.2 cm³/mol. The van der Waals surface area contributed by atoms with Crippen LogP contribution in [0.5, 0.6) is 0 Å². The molecule has 74 valence electrons. The molecule has 1 amide bonds. The van der Waals surface area contributed by atoms with Gasteiger partial charge in [-0.3, -0.25) is 4.79 Å². The summed E-state index contributed by atoms with van der Waals surface area (Å²) in [5, 5.41) is 12.1. The SMILES string of the molecule is O=C(CO)N1CCC2(CCNC2)C1. The normalized spacial score (nSPS) is 33.2. The minimum atomic E-state index is -0.344. The van der Waals surface area contributed by atoms with Crippen molar-refractivity contribution in [2.24, 2.45) is 5.41 Å². The largest absolute Gasteiger partial charge is 0.387 e. The average molecular weight is 184 g/mol. The Morgan fingerprint density at radius 1 is 1.54 bits per heavy atom. The minimum Gasteiger partial charge on any atom is -0.387 e. The van der Waals surface area contributed by atoms with Crippen LogP contribution in [0.4, 0.5) is 0 Å². The quantitative estimate of drug-likeness (QED) is 0.560. The van der Waals surface area contributed by atoms with E-state index in [4.69, 9.17) is 5.11 Å². The number of nitrogens with one attached hydrogen (secondary N) is 1. The summed E-state index contributed by atoms with van der Waals surface area (Å²) in [4.78, 5) is 13.0. The Hall–Kier alpha value is -0.610. The van der Waals surface area contributed by atoms with Crippen molar-refractivity contribution in [3.63, 3.8) is 0 Å². The van der Waals surface area contributed by atoms with E-state index in [1.807, 2.05) is 0 Å². The summed E-state index contributed by atoms with van der Waals surface area (Å²) in [6.07, 6.45) is 2.26. The first-order chi connectivity index (χ1) is 6.26. The van der Waals surface area contributed by atoms with Crippen LogP contribution in [-0.2, 0) is 4.79 Å². The third-order valence-electron chi connectivity index (χ3n) is 3.26. The first-order valence-electron chi connectivity index (χ1n) is 4.85. The van der Waals surface area contributed by atoms with E-state index in [9.17, 15) is 4.79 Å². The zero-order valence-corrected chi connectivity index (χ0v) is 7.75. The monoisotopic (exact) mass is 184 g/mol. The molecule has 2 N–H and O–H groups in total. The van der Waals surface area contributed by atoms with Gasteiger partial charge in [-0.1, -0.05) is 0 Å². The molecule has 2 aliphatic heterocycles. The van der Waals surface area contributed by atoms with Crippen LogP contribution in [0.2, 0.25) is 0 Å². The lowest BCUT2D eigenvalue weighted by Gasteiger charge is -2.22. The number of rotatable bonds is 1. The van der Waals surface area contributed by atoms with Crippen LogP contribution in [0.1, 0.15) is 12.8 Å². The maximum Gasteiger partial charge on any atom is 0.248 e. The van der Waals surface area contributed by atoms with Gasteiger partial charge in [-0.05, 0) is 19.4 Å². The van der Waals surface area contributed by atoms with E-state index in [1.165, 1.54) is 6.42 Å². The van der Waals surface area contributed by atoms with E-state index in [0.717, 1.165) is 32.6 Å². The molecule has 4 heteroatoms. The second-order valence-electron chi connectivity index (χ2n) is 4.15. The number of hydrogen-bond acceptors (Lipinski definition) is 3. The number of amides is 1. The topological polar surface area (TPSA) is 52.6 Å². The van der Waals surface area contributed by atoms with Crippen molar-refractivity contribution in [2.75, 3.05) is 32.8 Å². The lowest BCUT2D eigenvalue weighted by Crippen LogP contribution is -2.34. The maximum absolute atomic E-state index is 11.2. The highest BCUT2D eigenvalue weighted by molar-refractivity contribution is 5.77. The van der Waals surface area contributed by atoms with Crippen LogP contribution in [0, 0.1) is 5.41 Å². The molecule has 1 atom stereocenters. The average Bonchev–Trinajstić information content (AvgIpc) is 2.76. The molecule has 0 bridgehead atoms. The number of aliphatic hydroxyl groups excluding tert-OH is 1. The molecule has 13 heavy (non-hydrogen) atoms. The maximum atomic E-state index is 11.2. The Kier molecular flexibility index (Phi) is 2.26. The fraction of sp³-hybridized carbons (Fsp3) is 0.889. The molecular formula is C9H16N2O2. The Balaban J connectivity index is 1.96. The molecule has 4 nitrogen and oxygen atoms in total. The van der Waals surface area contributed by atoms with E-state index in [2.05, 4.69) is 5.32 Å². The number of hydrogen-bond donors (Lipinski definition) is 2. The summed E-state index contributed by atoms with van der Waals surface area (Å²) in [5.74, 6) is -0.122. The van der Waals surface area contributed by atoms with Gasteiger partial charge in [-0.15, -0.1) is 0 Å². The predicted octanol–water partition coefficient (Wildman–Crippen LogP) is -0.809. The van der Waals surface area contributed by atoms with E-state index in [-0.39, 0.29) is 12.5 Å². The molecule has 2 heterocycles. The van der Waals surface area contributed by atoms with E-state index < -0.39 is 0 Å². The summed E-state index contributed by atoms with van der Waals surface area (Å²) < 4.78 is 0. The van der Waals surface area contributed by atoms with Gasteiger partial charge >= 0.3 is 0 Å². The molecule has 0 aromatic heterocycles. The van der Waals surface area contributed by atoms with E-state index in [0.29, 0.717) is 5.41 Å². The molecule has 0 aromatic rings. The highest BCUT2D eigenvalue weighted by atomic mass is 16.3. The Morgan fingerprint density at radius 2 is 2.38 bits per heavy atom. The van der Waals surface area contributed by atoms with Crippen LogP contribution >= 0.6 is 0 Å². The highest BCUT2D eigenvalue weighted by Gasteiger charge is 2.41. The summed E-state index contributed by atoms with van der Waals surface area (Å²) >= 11 is 0. The number of carbonyl (C=O) groups is 1. The van der Waals surface area contributed by atoms with Crippen LogP contribution in [-0.4, -0.2) is 48.7 Å². The van der Waals surface area contributed by atoms with Gasteiger partial charge in [-0.2, -0.15) is 0 Å². The molecule has 2 aliphatic rings. The highest BCUT2D eigenvalue weighted by Crippen LogP contribution is 2.35. The van der Waals surface area contributed by atoms with Gasteiger partial charge in [0.15, 0.2) is 0 Å². The molecule has 0 aliphatic carbocycles. The van der Waals surface area contributed by atoms with Crippen molar-refractivity contribution >= 4 is 5.91 Å². The van der Waals surface area contributed by atoms with Gasteiger partial charge in [0.1, 0.15) is 6.61 Å². The molecule has 0 radical (unpaired) electrons. The standard InChI is InChI=1S/C9H16N2O2/c12-5-8(13)11-4-2-9(7-11)1-3-10-6-9/h10,12H,1-7H2. The van der Waals surface area contributed by atoms with Gasteiger partial charge in [0.2, 0.25) is 5.91 Å². The fourth-order valence-electron chi connectivity index (χ4n) is 2.39. The van der Waals surface area contributed by atoms with Crippen molar-refractivity contribution in [3.8, 4) is 0 Å². The lowest BCUT2D eigenvalue weighted by molar-refractivity contribution is -0.133. The smallest absolute Gasteiger partial charge is 0.248 e. The van der Waals surface area contributed by atoms with Crippen molar-refractivity contribution in [1.29, 1.82) is 0 Å². The minimum absolute atomic E-state index is 0.122. The zero-order chi connectivity index (χ0) is 9.31. The Morgan fingerprint density at radius 3 is 3.00 bits per heavy atom. The molecule has 0 saturated carbocycles. The van der Waals surface area contributed by atoms with Crippen LogP contribution < -0.4 is 5.32 Å². The van der Waals surface area contributed by atoms with Gasteiger partial charge in [0.25, 0.3) is 0 Å². The summed E-state index contributed by atoms with van der Waals surface area (Å²) in [7, 11) is 0. The Labute approximate surface area is 77.9 Å². The van der Waals surface area contributed by atoms with Gasteiger partial charge in [0, 0.05) is 25.0 Å². The molecule has 1 unspecified atom stereocenters. The van der Waals surface area contributed by atoms with Gasteiger partial charge in [0.05, 0.1) is 0 Å². The molecule has 2 fully saturated rings. The Bertz CT molecular complexity index is 212. The third kappa shape index (κ3) is 1.56. The fourth-order valence-corrected chi connectivity index (χ4v) is 2.39. The first kappa shape index (κ1) is 8.97. The number of nitrogens with zero attached hydrogens (tertiary/aromatic N) is 1. The first-order valence-corrected chi connectivity index (χ1v) is 4.85. The van der Waals surface area contributed by atoms with Crippen molar-refractivity contribution in [1.82, 2.24) is 10.2 Å². The van der Waals surface area contributed by atoms with Crippen LogP contribution in [0.3, 0.4) is 0 Å². The third-order valence-corrected chi connectivity index (χ3v) is 3.26. The van der Waals surface area contributed by atoms with Crippen molar-refractivity contribution in [3.05, 3.63) is 0 Å². The number of likely N-dealkylation sites (tertiary alicyclic amines) is 1. The second-order valence-corrected chi connectivity index (χ2v) is 4.15. The van der Waals surface area contributed by atoms with Crippen molar-refractivity contribution in [2.45, 2.75) is 12.8 Å². The van der Waals surface area contributed by atoms with Crippen molar-refractivity contribution < 1.29 is 9.90 Å². The molecule has 0 aromatic carbocycles. The number of aliphatic hydroxyl groups is 1. The van der Waals surface area contributed by atoms with Gasteiger partial charge < -0.3 is 15.3 Å². The van der Waals surface area contributed by atoms with Crippen LogP contribution in [0.25, 0.3) is 0 Å². The molecule has 1 spiro atoms. The van der Waals surface area contributed by atoms with Crippen LogP contribution in [0.15, 0.2) is 0 Å². The van der Waals surface area contributed by atoms with E-state index in [1.54, 1.807) is 4.90 Å². The lowest BCUT2D eigenvalue weighted by atomic mass is 9.87. The van der Waals surface area contributed by atoms with E-state index >= 15 is 0 Å². The molecular weight excluding hydrogens is 168 g/mol.